The van der Waals surface area contributed by atoms with Crippen LogP contribution in [0.25, 0.3) is 11.3 Å². The summed E-state index contributed by atoms with van der Waals surface area (Å²) in [6, 6.07) is 0.583. The molecule has 5 heterocycles. The van der Waals surface area contributed by atoms with Crippen LogP contribution in [0.15, 0.2) is 24.5 Å². The van der Waals surface area contributed by atoms with Gasteiger partial charge in [-0.3, -0.25) is 9.59 Å². The van der Waals surface area contributed by atoms with Crippen LogP contribution in [-0.2, 0) is 19.1 Å². The van der Waals surface area contributed by atoms with E-state index >= 15 is 0 Å². The number of imidazole rings is 2. The van der Waals surface area contributed by atoms with E-state index in [-0.39, 0.29) is 58.1 Å². The van der Waals surface area contributed by atoms with E-state index in [0.29, 0.717) is 49.0 Å². The van der Waals surface area contributed by atoms with Crippen LogP contribution >= 0.6 is 0 Å². The Bertz CT molecular complexity index is 2070. The summed E-state index contributed by atoms with van der Waals surface area (Å²) in [4.78, 5) is 70.1. The fourth-order valence-corrected chi connectivity index (χ4v) is 7.53. The number of aromatic amines is 2. The van der Waals surface area contributed by atoms with Crippen molar-refractivity contribution < 1.29 is 46.9 Å². The van der Waals surface area contributed by atoms with Crippen molar-refractivity contribution in [3.05, 3.63) is 47.4 Å². The molecule has 0 bridgehead atoms. The maximum atomic E-state index is 14.7. The summed E-state index contributed by atoms with van der Waals surface area (Å²) in [7, 11) is 2.47. The Labute approximate surface area is 328 Å². The third-order valence-electron chi connectivity index (χ3n) is 10.4. The van der Waals surface area contributed by atoms with Crippen LogP contribution in [0.2, 0.25) is 0 Å². The number of carbonyl (C=O) groups is 4. The molecule has 3 aromatic rings. The van der Waals surface area contributed by atoms with Gasteiger partial charge in [0.15, 0.2) is 11.5 Å². The molecule has 0 radical (unpaired) electrons. The smallest absolute Gasteiger partial charge is 0.453 e. The maximum Gasteiger partial charge on any atom is 0.586 e. The molecule has 0 spiro atoms. The number of hydrogen-bond acceptors (Lipinski definition) is 10. The highest BCUT2D eigenvalue weighted by Crippen LogP contribution is 2.49. The number of H-pyrrole nitrogens is 2. The van der Waals surface area contributed by atoms with Gasteiger partial charge in [-0.15, -0.1) is 8.78 Å². The Morgan fingerprint density at radius 1 is 0.807 bits per heavy atom. The lowest BCUT2D eigenvalue weighted by Gasteiger charge is -2.30. The summed E-state index contributed by atoms with van der Waals surface area (Å²) >= 11 is 0. The first-order chi connectivity index (χ1) is 27.0. The van der Waals surface area contributed by atoms with Crippen molar-refractivity contribution in [2.24, 2.45) is 23.7 Å². The lowest BCUT2D eigenvalue weighted by Crippen LogP contribution is -2.51. The number of hydrogen-bond donors (Lipinski definition) is 4. The van der Waals surface area contributed by atoms with Crippen LogP contribution in [0.4, 0.5) is 18.4 Å². The second-order valence-corrected chi connectivity index (χ2v) is 15.5. The van der Waals surface area contributed by atoms with Crippen molar-refractivity contribution in [3.63, 3.8) is 0 Å². The van der Waals surface area contributed by atoms with Gasteiger partial charge in [-0.1, -0.05) is 47.5 Å². The molecule has 2 aromatic heterocycles. The lowest BCUT2D eigenvalue weighted by atomic mass is 10.0. The minimum Gasteiger partial charge on any atom is -0.453 e. The Hall–Kier alpha value is -5.86. The number of likely N-dealkylation sites (tertiary alicyclic amines) is 2. The van der Waals surface area contributed by atoms with Crippen LogP contribution in [0.3, 0.4) is 0 Å². The number of amides is 4. The molecule has 3 aliphatic rings. The number of benzene rings is 1. The average Bonchev–Trinajstić information content (AvgIpc) is 4.00. The van der Waals surface area contributed by atoms with Gasteiger partial charge in [0.05, 0.1) is 50.0 Å². The highest BCUT2D eigenvalue weighted by Gasteiger charge is 2.47. The minimum absolute atomic E-state index is 0.123. The monoisotopic (exact) mass is 794 g/mol. The van der Waals surface area contributed by atoms with Crippen LogP contribution in [-0.4, -0.2) is 99.4 Å². The largest absolute Gasteiger partial charge is 0.586 e. The topological polar surface area (TPSA) is 193 Å². The quantitative estimate of drug-likeness (QED) is 0.212. The molecule has 6 rings (SSSR count). The highest BCUT2D eigenvalue weighted by atomic mass is 19.3. The van der Waals surface area contributed by atoms with Crippen LogP contribution in [0.1, 0.15) is 89.4 Å². The molecule has 0 saturated carbocycles. The predicted molar refractivity (Wildman–Crippen MR) is 200 cm³/mol. The highest BCUT2D eigenvalue weighted by molar-refractivity contribution is 5.87. The fourth-order valence-electron chi connectivity index (χ4n) is 7.53. The van der Waals surface area contributed by atoms with E-state index in [4.69, 9.17) is 18.9 Å². The molecule has 57 heavy (non-hydrogen) atoms. The van der Waals surface area contributed by atoms with Crippen molar-refractivity contribution in [3.8, 4) is 34.6 Å². The van der Waals surface area contributed by atoms with Gasteiger partial charge in [0.2, 0.25) is 11.8 Å². The van der Waals surface area contributed by atoms with E-state index in [1.165, 1.54) is 32.7 Å². The van der Waals surface area contributed by atoms with Gasteiger partial charge >= 0.3 is 18.5 Å². The zero-order chi connectivity index (χ0) is 41.3. The Balaban J connectivity index is 1.24. The Morgan fingerprint density at radius 3 is 1.84 bits per heavy atom. The molecule has 0 aliphatic carbocycles. The van der Waals surface area contributed by atoms with Gasteiger partial charge in [-0.2, -0.15) is 0 Å². The summed E-state index contributed by atoms with van der Waals surface area (Å²) in [5.74, 6) is 5.55. The fraction of sp³-hybridized carbons (Fsp3) is 0.538. The van der Waals surface area contributed by atoms with E-state index < -0.39 is 42.6 Å². The first kappa shape index (κ1) is 40.8. The van der Waals surface area contributed by atoms with Gasteiger partial charge in [-0.25, -0.2) is 19.6 Å². The average molecular weight is 795 g/mol. The van der Waals surface area contributed by atoms with Crippen molar-refractivity contribution in [2.45, 2.75) is 84.8 Å². The molecule has 0 unspecified atom stereocenters. The summed E-state index contributed by atoms with van der Waals surface area (Å²) < 4.78 is 48.8. The molecule has 16 nitrogen and oxygen atoms in total. The van der Waals surface area contributed by atoms with Crippen LogP contribution in [0.5, 0.6) is 11.5 Å². The summed E-state index contributed by atoms with van der Waals surface area (Å²) in [5.41, 5.74) is 1.10. The third kappa shape index (κ3) is 8.61. The number of aromatic nitrogens is 4. The number of nitrogens with zero attached hydrogens (tertiary/aromatic N) is 4. The Kier molecular flexibility index (Phi) is 11.7. The van der Waals surface area contributed by atoms with Crippen molar-refractivity contribution >= 4 is 24.0 Å². The zero-order valence-electron chi connectivity index (χ0n) is 33.1. The van der Waals surface area contributed by atoms with Gasteiger partial charge in [-0.05, 0) is 54.6 Å². The molecular formula is C39H48F2N8O8. The SMILES string of the molecule is COC(=O)N[C@H](C(=O)N1C[C@@H](C)C[C@H]1c1ncc(C#Cc2ccc(-c3cnc([C@@H]4C[C@H](C)CN4C(=O)[C@@H](NC(=O)OC)C(C)C)[nH]3)c3c2OC(F)(F)O3)[nH]1)C(C)C. The molecule has 3 aliphatic heterocycles. The predicted octanol–water partition coefficient (Wildman–Crippen LogP) is 5.10. The molecule has 4 amide bonds. The van der Waals surface area contributed by atoms with Crippen molar-refractivity contribution in [2.75, 3.05) is 27.3 Å². The second-order valence-electron chi connectivity index (χ2n) is 15.5. The first-order valence-electron chi connectivity index (χ1n) is 18.8. The first-order valence-corrected chi connectivity index (χ1v) is 18.8. The Morgan fingerprint density at radius 2 is 1.32 bits per heavy atom. The lowest BCUT2D eigenvalue weighted by molar-refractivity contribution is -0.286. The van der Waals surface area contributed by atoms with E-state index in [2.05, 4.69) is 42.4 Å². The summed E-state index contributed by atoms with van der Waals surface area (Å²) in [5, 5.41) is 5.26. The molecule has 1 aromatic carbocycles. The van der Waals surface area contributed by atoms with Crippen LogP contribution < -0.4 is 20.1 Å². The molecular weight excluding hydrogens is 746 g/mol. The zero-order valence-corrected chi connectivity index (χ0v) is 33.1. The maximum absolute atomic E-state index is 14.7. The number of alkyl carbamates (subject to hydrolysis) is 2. The van der Waals surface area contributed by atoms with Gasteiger partial charge in [0.25, 0.3) is 0 Å². The van der Waals surface area contributed by atoms with E-state index in [9.17, 15) is 28.0 Å². The number of nitrogens with one attached hydrogen (secondary N) is 4. The molecule has 18 heteroatoms. The number of fused-ring (bicyclic) bond motifs is 1. The van der Waals surface area contributed by atoms with E-state index in [1.807, 2.05) is 41.5 Å². The van der Waals surface area contributed by atoms with Crippen molar-refractivity contribution in [1.29, 1.82) is 0 Å². The minimum atomic E-state index is -3.97. The summed E-state index contributed by atoms with van der Waals surface area (Å²) in [6.45, 7) is 12.2. The number of ether oxygens (including phenoxy) is 4. The number of rotatable bonds is 9. The van der Waals surface area contributed by atoms with Crippen molar-refractivity contribution in [1.82, 2.24) is 40.4 Å². The molecule has 2 fully saturated rings. The number of carbonyl (C=O) groups excluding carboxylic acids is 4. The molecule has 306 valence electrons. The van der Waals surface area contributed by atoms with Gasteiger partial charge in [0.1, 0.15) is 29.4 Å². The second kappa shape index (κ2) is 16.3. The number of alkyl halides is 2. The number of methoxy groups -OCH3 is 2. The molecule has 4 N–H and O–H groups in total. The number of halogens is 2. The normalized spacial score (nSPS) is 21.9. The third-order valence-corrected chi connectivity index (χ3v) is 10.4. The van der Waals surface area contributed by atoms with Gasteiger partial charge < -0.3 is 49.3 Å². The standard InChI is InChI=1S/C39H48F2N8O8/c1-19(2)29(46-37(52)54-7)35(50)48-17-21(5)13-27(48)33-42-15-24(44-33)11-9-23-10-12-25(32-31(23)56-39(40,41)57-32)26-16-43-34(45-26)28-14-22(6)18-49(28)36(51)30(20(3)4)47-38(53)55-8/h10,12,15-16,19-22,27-30H,13-14,17-18H2,1-8H3,(H,42,44)(H,43,45)(H,46,52)(H,47,53)/t21-,22-,27-,28-,29-,30-/m0/s1. The molecule has 2 saturated heterocycles. The van der Waals surface area contributed by atoms with Crippen LogP contribution in [0, 0.1) is 35.5 Å². The molecule has 6 atom stereocenters. The van der Waals surface area contributed by atoms with E-state index in [1.54, 1.807) is 15.9 Å². The summed E-state index contributed by atoms with van der Waals surface area (Å²) in [6.07, 6.45) is -1.19. The van der Waals surface area contributed by atoms with E-state index in [0.717, 1.165) is 0 Å². The van der Waals surface area contributed by atoms with Gasteiger partial charge in [0, 0.05) is 18.7 Å².